The number of nitrogens with zero attached hydrogens (tertiary/aromatic N) is 1. The lowest BCUT2D eigenvalue weighted by Crippen LogP contribution is -2.54. The molecular formula is C21H22ClNO3. The van der Waals surface area contributed by atoms with E-state index in [0.717, 1.165) is 12.8 Å². The highest BCUT2D eigenvalue weighted by Gasteiger charge is 2.48. The number of benzene rings is 2. The number of likely N-dealkylation sites (N-methyl/N-ethyl adjacent to an activating group) is 1. The van der Waals surface area contributed by atoms with Gasteiger partial charge in [-0.15, -0.1) is 0 Å². The zero-order valence-electron chi connectivity index (χ0n) is 15.0. The van der Waals surface area contributed by atoms with Crippen LogP contribution in [0.15, 0.2) is 48.5 Å². The third-order valence-electron chi connectivity index (χ3n) is 5.19. The summed E-state index contributed by atoms with van der Waals surface area (Å²) in [4.78, 5) is 27.8. The zero-order valence-corrected chi connectivity index (χ0v) is 15.8. The highest BCUT2D eigenvalue weighted by molar-refractivity contribution is 6.31. The highest BCUT2D eigenvalue weighted by Crippen LogP contribution is 2.42. The van der Waals surface area contributed by atoms with Crippen molar-refractivity contribution < 1.29 is 14.3 Å². The third-order valence-corrected chi connectivity index (χ3v) is 5.52. The van der Waals surface area contributed by atoms with E-state index in [-0.39, 0.29) is 11.7 Å². The number of rotatable bonds is 4. The summed E-state index contributed by atoms with van der Waals surface area (Å²) < 4.78 is 5.15. The lowest BCUT2D eigenvalue weighted by molar-refractivity contribution is -0.132. The number of hydrogen-bond acceptors (Lipinski definition) is 3. The molecule has 4 nitrogen and oxygen atoms in total. The molecule has 0 aromatic heterocycles. The van der Waals surface area contributed by atoms with Gasteiger partial charge in [0.25, 0.3) is 5.91 Å². The smallest absolute Gasteiger partial charge is 0.254 e. The molecule has 0 bridgehead atoms. The number of ether oxygens (including phenoxy) is 1. The molecule has 1 aliphatic rings. The van der Waals surface area contributed by atoms with Gasteiger partial charge < -0.3 is 9.64 Å². The molecule has 1 aliphatic carbocycles. The maximum Gasteiger partial charge on any atom is 0.254 e. The molecule has 26 heavy (non-hydrogen) atoms. The second-order valence-corrected chi connectivity index (χ2v) is 6.97. The average Bonchev–Trinajstić information content (AvgIpc) is 2.68. The Bertz CT molecular complexity index is 818. The van der Waals surface area contributed by atoms with E-state index in [0.29, 0.717) is 34.7 Å². The molecule has 0 N–H and O–H groups in total. The summed E-state index contributed by atoms with van der Waals surface area (Å²) in [6.45, 7) is 0. The van der Waals surface area contributed by atoms with Gasteiger partial charge in [0, 0.05) is 29.6 Å². The van der Waals surface area contributed by atoms with E-state index in [9.17, 15) is 9.59 Å². The Morgan fingerprint density at radius 3 is 2.42 bits per heavy atom. The number of Topliss-reactive ketones (excluding diaryl/α,β-unsaturated/α-hetero) is 1. The van der Waals surface area contributed by atoms with Gasteiger partial charge in [-0.2, -0.15) is 0 Å². The number of carbonyl (C=O) groups is 2. The van der Waals surface area contributed by atoms with Crippen LogP contribution in [-0.4, -0.2) is 30.7 Å². The Kier molecular flexibility index (Phi) is 5.33. The molecule has 0 saturated heterocycles. The molecule has 1 amide bonds. The summed E-state index contributed by atoms with van der Waals surface area (Å²) in [5.41, 5.74) is 0.196. The molecular weight excluding hydrogens is 350 g/mol. The van der Waals surface area contributed by atoms with Gasteiger partial charge in [0.05, 0.1) is 7.11 Å². The molecule has 0 spiro atoms. The van der Waals surface area contributed by atoms with Crippen LogP contribution in [0.3, 0.4) is 0 Å². The third kappa shape index (κ3) is 3.10. The van der Waals surface area contributed by atoms with E-state index in [2.05, 4.69) is 0 Å². The Morgan fingerprint density at radius 1 is 1.12 bits per heavy atom. The molecule has 136 valence electrons. The Hall–Kier alpha value is -2.33. The van der Waals surface area contributed by atoms with E-state index >= 15 is 0 Å². The van der Waals surface area contributed by atoms with Crippen LogP contribution >= 0.6 is 11.6 Å². The monoisotopic (exact) mass is 371 g/mol. The van der Waals surface area contributed by atoms with Gasteiger partial charge in [-0.1, -0.05) is 29.8 Å². The van der Waals surface area contributed by atoms with Crippen LogP contribution in [0.2, 0.25) is 5.02 Å². The zero-order chi connectivity index (χ0) is 18.7. The number of ketones is 1. The molecule has 0 unspecified atom stereocenters. The highest BCUT2D eigenvalue weighted by atomic mass is 35.5. The first-order chi connectivity index (χ1) is 12.5. The maximum atomic E-state index is 13.2. The van der Waals surface area contributed by atoms with Crippen LogP contribution in [0.4, 0.5) is 0 Å². The molecule has 0 heterocycles. The largest absolute Gasteiger partial charge is 0.497 e. The number of hydrogen-bond donors (Lipinski definition) is 0. The van der Waals surface area contributed by atoms with Gasteiger partial charge in [-0.05, 0) is 49.6 Å². The van der Waals surface area contributed by atoms with Crippen molar-refractivity contribution in [2.75, 3.05) is 14.2 Å². The summed E-state index contributed by atoms with van der Waals surface area (Å²) >= 11 is 6.44. The standard InChI is InChI=1S/C21H22ClNO3/c1-23(20(25)15-10-12-16(26-2)13-11-15)21(14-6-5-9-19(21)24)17-7-3-4-8-18(17)22/h3-4,7-8,10-13H,5-6,9,14H2,1-2H3/t21-/m0/s1. The quantitative estimate of drug-likeness (QED) is 0.797. The lowest BCUT2D eigenvalue weighted by atomic mass is 9.74. The van der Waals surface area contributed by atoms with Crippen LogP contribution in [0, 0.1) is 0 Å². The predicted molar refractivity (Wildman–Crippen MR) is 102 cm³/mol. The minimum absolute atomic E-state index is 0.0428. The van der Waals surface area contributed by atoms with Crippen LogP contribution in [-0.2, 0) is 10.3 Å². The first kappa shape index (κ1) is 18.5. The molecule has 3 rings (SSSR count). The Labute approximate surface area is 158 Å². The van der Waals surface area contributed by atoms with Crippen LogP contribution in [0.5, 0.6) is 5.75 Å². The van der Waals surface area contributed by atoms with E-state index in [1.54, 1.807) is 49.4 Å². The summed E-state index contributed by atoms with van der Waals surface area (Å²) in [5, 5.41) is 0.511. The second kappa shape index (κ2) is 7.50. The molecule has 1 saturated carbocycles. The van der Waals surface area contributed by atoms with E-state index < -0.39 is 5.54 Å². The van der Waals surface area contributed by atoms with Crippen molar-refractivity contribution in [3.05, 3.63) is 64.7 Å². The molecule has 1 atom stereocenters. The van der Waals surface area contributed by atoms with E-state index in [1.165, 1.54) is 0 Å². The normalized spacial score (nSPS) is 19.9. The summed E-state index contributed by atoms with van der Waals surface area (Å²) in [6.07, 6.45) is 2.74. The minimum Gasteiger partial charge on any atom is -0.497 e. The fourth-order valence-electron chi connectivity index (χ4n) is 3.73. The van der Waals surface area contributed by atoms with Crippen molar-refractivity contribution in [3.8, 4) is 5.75 Å². The van der Waals surface area contributed by atoms with Crippen molar-refractivity contribution in [2.45, 2.75) is 31.2 Å². The van der Waals surface area contributed by atoms with Crippen molar-refractivity contribution >= 4 is 23.3 Å². The number of carbonyl (C=O) groups excluding carboxylic acids is 2. The van der Waals surface area contributed by atoms with Crippen LogP contribution in [0.1, 0.15) is 41.6 Å². The van der Waals surface area contributed by atoms with Crippen LogP contribution in [0.25, 0.3) is 0 Å². The van der Waals surface area contributed by atoms with Crippen LogP contribution < -0.4 is 4.74 Å². The minimum atomic E-state index is -1.02. The summed E-state index contributed by atoms with van der Waals surface area (Å²) in [6, 6.07) is 14.2. The van der Waals surface area contributed by atoms with Gasteiger partial charge >= 0.3 is 0 Å². The van der Waals surface area contributed by atoms with E-state index in [1.807, 2.05) is 18.2 Å². The summed E-state index contributed by atoms with van der Waals surface area (Å²) in [5.74, 6) is 0.516. The van der Waals surface area contributed by atoms with E-state index in [4.69, 9.17) is 16.3 Å². The van der Waals surface area contributed by atoms with Gasteiger partial charge in [0.2, 0.25) is 0 Å². The van der Waals surface area contributed by atoms with Crippen molar-refractivity contribution in [3.63, 3.8) is 0 Å². The Morgan fingerprint density at radius 2 is 1.81 bits per heavy atom. The first-order valence-electron chi connectivity index (χ1n) is 8.71. The first-order valence-corrected chi connectivity index (χ1v) is 9.09. The molecule has 2 aromatic rings. The van der Waals surface area contributed by atoms with Crippen molar-refractivity contribution in [1.82, 2.24) is 4.90 Å². The molecule has 5 heteroatoms. The molecule has 2 aromatic carbocycles. The number of halogens is 1. The predicted octanol–water partition coefficient (Wildman–Crippen LogP) is 4.46. The number of methoxy groups -OCH3 is 1. The fraction of sp³-hybridized carbons (Fsp3) is 0.333. The van der Waals surface area contributed by atoms with Gasteiger partial charge in [0.15, 0.2) is 5.78 Å². The topological polar surface area (TPSA) is 46.6 Å². The van der Waals surface area contributed by atoms with Gasteiger partial charge in [0.1, 0.15) is 11.3 Å². The van der Waals surface area contributed by atoms with Gasteiger partial charge in [-0.25, -0.2) is 0 Å². The maximum absolute atomic E-state index is 13.2. The average molecular weight is 372 g/mol. The second-order valence-electron chi connectivity index (χ2n) is 6.56. The van der Waals surface area contributed by atoms with Crippen molar-refractivity contribution in [2.24, 2.45) is 0 Å². The summed E-state index contributed by atoms with van der Waals surface area (Å²) in [7, 11) is 3.27. The van der Waals surface area contributed by atoms with Crippen molar-refractivity contribution in [1.29, 1.82) is 0 Å². The molecule has 0 aliphatic heterocycles. The Balaban J connectivity index is 2.05. The fourth-order valence-corrected chi connectivity index (χ4v) is 4.02. The van der Waals surface area contributed by atoms with Gasteiger partial charge in [-0.3, -0.25) is 9.59 Å². The lowest BCUT2D eigenvalue weighted by Gasteiger charge is -2.44. The number of amides is 1. The molecule has 1 fully saturated rings. The molecule has 0 radical (unpaired) electrons. The SMILES string of the molecule is COc1ccc(C(=O)N(C)[C@]2(c3ccccc3Cl)CCCCC2=O)cc1.